The zero-order chi connectivity index (χ0) is 19.4. The summed E-state index contributed by atoms with van der Waals surface area (Å²) in [7, 11) is 0. The molecule has 0 aliphatic heterocycles. The van der Waals surface area contributed by atoms with E-state index in [1.54, 1.807) is 12.1 Å². The molecule has 3 rings (SSSR count). The predicted octanol–water partition coefficient (Wildman–Crippen LogP) is 3.95. The molecule has 0 spiro atoms. The predicted molar refractivity (Wildman–Crippen MR) is 116 cm³/mol. The molecule has 0 aliphatic carbocycles. The molecule has 150 valence electrons. The van der Waals surface area contributed by atoms with Gasteiger partial charge in [-0.05, 0) is 55.2 Å². The minimum absolute atomic E-state index is 0. The van der Waals surface area contributed by atoms with E-state index in [4.69, 9.17) is 11.6 Å². The SMILES string of the molecule is CC(CCc1ccc(Cl)cc1)NCC(O)c1ccc(O)c2[nH]c(=O)ccc12.Cl. The molecule has 2 unspecified atom stereocenters. The molecule has 1 aromatic heterocycles. The number of hydrogen-bond acceptors (Lipinski definition) is 4. The maximum Gasteiger partial charge on any atom is 0.248 e. The lowest BCUT2D eigenvalue weighted by atomic mass is 10.0. The van der Waals surface area contributed by atoms with Gasteiger partial charge in [-0.2, -0.15) is 0 Å². The largest absolute Gasteiger partial charge is 0.506 e. The second kappa shape index (κ2) is 9.94. The van der Waals surface area contributed by atoms with Crippen LogP contribution in [-0.2, 0) is 6.42 Å². The molecule has 4 N–H and O–H groups in total. The van der Waals surface area contributed by atoms with Gasteiger partial charge in [0, 0.05) is 29.1 Å². The normalized spacial score (nSPS) is 13.1. The number of benzene rings is 2. The summed E-state index contributed by atoms with van der Waals surface area (Å²) in [5.74, 6) is -0.0112. The number of H-pyrrole nitrogens is 1. The van der Waals surface area contributed by atoms with Crippen molar-refractivity contribution in [3.8, 4) is 5.75 Å². The smallest absolute Gasteiger partial charge is 0.248 e. The first-order valence-electron chi connectivity index (χ1n) is 8.95. The maximum atomic E-state index is 11.5. The van der Waals surface area contributed by atoms with E-state index in [0.29, 0.717) is 23.0 Å². The van der Waals surface area contributed by atoms with E-state index in [-0.39, 0.29) is 29.8 Å². The zero-order valence-electron chi connectivity index (χ0n) is 15.5. The third-order valence-corrected chi connectivity index (χ3v) is 4.96. The number of pyridine rings is 1. The van der Waals surface area contributed by atoms with Crippen LogP contribution in [0.4, 0.5) is 0 Å². The van der Waals surface area contributed by atoms with E-state index in [9.17, 15) is 15.0 Å². The highest BCUT2D eigenvalue weighted by Gasteiger charge is 2.15. The Hall–Kier alpha value is -2.05. The van der Waals surface area contributed by atoms with Crippen molar-refractivity contribution in [2.24, 2.45) is 0 Å². The number of aliphatic hydroxyl groups excluding tert-OH is 1. The van der Waals surface area contributed by atoms with E-state index < -0.39 is 6.10 Å². The number of aromatic hydroxyl groups is 1. The van der Waals surface area contributed by atoms with Gasteiger partial charge in [-0.15, -0.1) is 12.4 Å². The Morgan fingerprint density at radius 1 is 1.11 bits per heavy atom. The van der Waals surface area contributed by atoms with E-state index >= 15 is 0 Å². The van der Waals surface area contributed by atoms with Crippen LogP contribution in [0.1, 0.15) is 30.6 Å². The number of aryl methyl sites for hydroxylation is 1. The molecule has 0 bridgehead atoms. The molecule has 0 aliphatic rings. The first kappa shape index (κ1) is 22.2. The molecular formula is C21H24Cl2N2O3. The third-order valence-electron chi connectivity index (χ3n) is 4.70. The van der Waals surface area contributed by atoms with E-state index in [1.165, 1.54) is 17.7 Å². The van der Waals surface area contributed by atoms with E-state index in [2.05, 4.69) is 17.2 Å². The summed E-state index contributed by atoms with van der Waals surface area (Å²) in [5.41, 5.74) is 1.94. The van der Waals surface area contributed by atoms with E-state index in [0.717, 1.165) is 17.9 Å². The lowest BCUT2D eigenvalue weighted by Crippen LogP contribution is -2.31. The summed E-state index contributed by atoms with van der Waals surface area (Å²) in [6.07, 6.45) is 1.10. The Labute approximate surface area is 174 Å². The van der Waals surface area contributed by atoms with Gasteiger partial charge in [0.1, 0.15) is 5.75 Å². The summed E-state index contributed by atoms with van der Waals surface area (Å²) in [5, 5.41) is 25.2. The monoisotopic (exact) mass is 422 g/mol. The highest BCUT2D eigenvalue weighted by Crippen LogP contribution is 2.28. The van der Waals surface area contributed by atoms with Gasteiger partial charge in [-0.1, -0.05) is 29.8 Å². The van der Waals surface area contributed by atoms with Gasteiger partial charge in [0.2, 0.25) is 5.56 Å². The third kappa shape index (κ3) is 5.49. The van der Waals surface area contributed by atoms with Gasteiger partial charge in [0.25, 0.3) is 0 Å². The van der Waals surface area contributed by atoms with Gasteiger partial charge in [-0.3, -0.25) is 4.79 Å². The van der Waals surface area contributed by atoms with Crippen molar-refractivity contribution in [3.05, 3.63) is 75.0 Å². The van der Waals surface area contributed by atoms with Crippen molar-refractivity contribution in [2.75, 3.05) is 6.54 Å². The highest BCUT2D eigenvalue weighted by atomic mass is 35.5. The van der Waals surface area contributed by atoms with Crippen molar-refractivity contribution in [1.82, 2.24) is 10.3 Å². The Kier molecular flexibility index (Phi) is 7.89. The molecule has 0 amide bonds. The fourth-order valence-corrected chi connectivity index (χ4v) is 3.23. The van der Waals surface area contributed by atoms with Crippen molar-refractivity contribution in [1.29, 1.82) is 0 Å². The lowest BCUT2D eigenvalue weighted by Gasteiger charge is -2.19. The molecule has 3 aromatic rings. The molecule has 28 heavy (non-hydrogen) atoms. The number of aromatic nitrogens is 1. The Morgan fingerprint density at radius 2 is 1.82 bits per heavy atom. The topological polar surface area (TPSA) is 85.3 Å². The van der Waals surface area contributed by atoms with Gasteiger partial charge >= 0.3 is 0 Å². The first-order chi connectivity index (χ1) is 12.9. The Bertz CT molecular complexity index is 974. The number of hydrogen-bond donors (Lipinski definition) is 4. The molecule has 0 fully saturated rings. The molecule has 2 atom stereocenters. The van der Waals surface area contributed by atoms with Crippen LogP contribution in [0.5, 0.6) is 5.75 Å². The van der Waals surface area contributed by atoms with Gasteiger partial charge in [-0.25, -0.2) is 0 Å². The molecule has 7 heteroatoms. The lowest BCUT2D eigenvalue weighted by molar-refractivity contribution is 0.171. The summed E-state index contributed by atoms with van der Waals surface area (Å²) in [4.78, 5) is 14.1. The number of halogens is 2. The van der Waals surface area contributed by atoms with Gasteiger partial charge < -0.3 is 20.5 Å². The van der Waals surface area contributed by atoms with Crippen LogP contribution in [-0.4, -0.2) is 27.8 Å². The van der Waals surface area contributed by atoms with Gasteiger partial charge in [0.15, 0.2) is 0 Å². The van der Waals surface area contributed by atoms with Crippen molar-refractivity contribution < 1.29 is 10.2 Å². The fourth-order valence-electron chi connectivity index (χ4n) is 3.11. The number of aromatic amines is 1. The van der Waals surface area contributed by atoms with Crippen LogP contribution in [0, 0.1) is 0 Å². The summed E-state index contributed by atoms with van der Waals surface area (Å²) < 4.78 is 0. The molecule has 1 heterocycles. The first-order valence-corrected chi connectivity index (χ1v) is 9.32. The number of nitrogens with one attached hydrogen (secondary N) is 2. The number of rotatable bonds is 7. The average molecular weight is 423 g/mol. The molecule has 2 aromatic carbocycles. The summed E-state index contributed by atoms with van der Waals surface area (Å²) in [6.45, 7) is 2.45. The zero-order valence-corrected chi connectivity index (χ0v) is 17.1. The molecular weight excluding hydrogens is 399 g/mol. The average Bonchev–Trinajstić information content (AvgIpc) is 2.66. The van der Waals surface area contributed by atoms with Crippen LogP contribution in [0.15, 0.2) is 53.3 Å². The molecule has 0 saturated carbocycles. The molecule has 0 saturated heterocycles. The van der Waals surface area contributed by atoms with Crippen molar-refractivity contribution >= 4 is 34.9 Å². The number of phenols is 1. The Balaban J connectivity index is 0.00000280. The second-order valence-corrected chi connectivity index (χ2v) is 7.21. The highest BCUT2D eigenvalue weighted by molar-refractivity contribution is 6.30. The minimum atomic E-state index is -0.753. The quantitative estimate of drug-likeness (QED) is 0.464. The Morgan fingerprint density at radius 3 is 2.54 bits per heavy atom. The summed E-state index contributed by atoms with van der Waals surface area (Å²) in [6, 6.07) is 14.2. The number of phenolic OH excluding ortho intramolecular Hbond substituents is 1. The van der Waals surface area contributed by atoms with E-state index in [1.807, 2.05) is 24.3 Å². The van der Waals surface area contributed by atoms with Crippen LogP contribution < -0.4 is 10.9 Å². The van der Waals surface area contributed by atoms with Gasteiger partial charge in [0.05, 0.1) is 11.6 Å². The number of fused-ring (bicyclic) bond motifs is 1. The van der Waals surface area contributed by atoms with Crippen LogP contribution in [0.2, 0.25) is 5.02 Å². The van der Waals surface area contributed by atoms with Crippen LogP contribution in [0.3, 0.4) is 0 Å². The van der Waals surface area contributed by atoms with Crippen LogP contribution >= 0.6 is 24.0 Å². The summed E-state index contributed by atoms with van der Waals surface area (Å²) >= 11 is 5.90. The maximum absolute atomic E-state index is 11.5. The number of aliphatic hydroxyl groups is 1. The van der Waals surface area contributed by atoms with Crippen LogP contribution in [0.25, 0.3) is 10.9 Å². The fraction of sp³-hybridized carbons (Fsp3) is 0.286. The van der Waals surface area contributed by atoms with Crippen molar-refractivity contribution in [3.63, 3.8) is 0 Å². The molecule has 5 nitrogen and oxygen atoms in total. The second-order valence-electron chi connectivity index (χ2n) is 6.78. The standard InChI is InChI=1S/C21H23ClN2O3.ClH/c1-13(2-3-14-4-6-15(22)7-5-14)23-12-19(26)16-8-10-18(25)21-17(16)9-11-20(27)24-21;/h4-11,13,19,23,25-26H,2-3,12H2,1H3,(H,24,27);1H. The molecule has 0 radical (unpaired) electrons. The minimum Gasteiger partial charge on any atom is -0.506 e. The van der Waals surface area contributed by atoms with Crippen molar-refractivity contribution in [2.45, 2.75) is 31.9 Å².